The molecule has 0 saturated heterocycles. The zero-order valence-electron chi connectivity index (χ0n) is 11.5. The fourth-order valence-electron chi connectivity index (χ4n) is 1.63. The Kier molecular flexibility index (Phi) is 4.85. The van der Waals surface area contributed by atoms with Crippen LogP contribution >= 0.6 is 0 Å². The quantitative estimate of drug-likeness (QED) is 0.793. The summed E-state index contributed by atoms with van der Waals surface area (Å²) in [6, 6.07) is 14.7. The molecule has 0 aliphatic rings. The number of anilines is 1. The molecule has 0 amide bonds. The van der Waals surface area contributed by atoms with Gasteiger partial charge in [-0.15, -0.1) is 0 Å². The van der Waals surface area contributed by atoms with Gasteiger partial charge in [0.2, 0.25) is 0 Å². The highest BCUT2D eigenvalue weighted by molar-refractivity contribution is 5.41. The molecule has 1 atom stereocenters. The number of nitrogen functional groups attached to an aromatic ring is 1. The van der Waals surface area contributed by atoms with Crippen molar-refractivity contribution in [2.45, 2.75) is 13.0 Å². The number of rotatable bonds is 6. The lowest BCUT2D eigenvalue weighted by atomic mass is 10.2. The molecular weight excluding hydrogens is 254 g/mol. The molecule has 4 heteroatoms. The first kappa shape index (κ1) is 14.2. The van der Waals surface area contributed by atoms with Crippen molar-refractivity contribution in [1.29, 1.82) is 0 Å². The SMILES string of the molecule is Cc1ccc(OCC(O)COc2ccc(N)cc2)cc1. The molecule has 20 heavy (non-hydrogen) atoms. The monoisotopic (exact) mass is 273 g/mol. The van der Waals surface area contributed by atoms with Crippen molar-refractivity contribution in [3.05, 3.63) is 54.1 Å². The molecule has 1 unspecified atom stereocenters. The Bertz CT molecular complexity index is 473. The van der Waals surface area contributed by atoms with Gasteiger partial charge in [-0.2, -0.15) is 0 Å². The van der Waals surface area contributed by atoms with Gasteiger partial charge in [-0.1, -0.05) is 17.7 Å². The lowest BCUT2D eigenvalue weighted by Crippen LogP contribution is -2.25. The van der Waals surface area contributed by atoms with E-state index in [0.29, 0.717) is 11.4 Å². The maximum Gasteiger partial charge on any atom is 0.122 e. The zero-order chi connectivity index (χ0) is 14.4. The topological polar surface area (TPSA) is 64.7 Å². The van der Waals surface area contributed by atoms with E-state index >= 15 is 0 Å². The van der Waals surface area contributed by atoms with Crippen molar-refractivity contribution >= 4 is 5.69 Å². The molecule has 2 aromatic carbocycles. The third-order valence-electron chi connectivity index (χ3n) is 2.79. The normalized spacial score (nSPS) is 11.9. The lowest BCUT2D eigenvalue weighted by molar-refractivity contribution is 0.0626. The van der Waals surface area contributed by atoms with Crippen LogP contribution in [-0.4, -0.2) is 24.4 Å². The van der Waals surface area contributed by atoms with Gasteiger partial charge >= 0.3 is 0 Å². The lowest BCUT2D eigenvalue weighted by Gasteiger charge is -2.13. The fourth-order valence-corrected chi connectivity index (χ4v) is 1.63. The van der Waals surface area contributed by atoms with Crippen molar-refractivity contribution in [2.75, 3.05) is 18.9 Å². The van der Waals surface area contributed by atoms with Crippen LogP contribution < -0.4 is 15.2 Å². The van der Waals surface area contributed by atoms with Crippen LogP contribution in [0.2, 0.25) is 0 Å². The zero-order valence-corrected chi connectivity index (χ0v) is 11.5. The van der Waals surface area contributed by atoms with Crippen LogP contribution in [-0.2, 0) is 0 Å². The Morgan fingerprint density at radius 1 is 0.900 bits per heavy atom. The summed E-state index contributed by atoms with van der Waals surface area (Å²) in [5.41, 5.74) is 7.43. The molecule has 2 aromatic rings. The van der Waals surface area contributed by atoms with E-state index in [1.165, 1.54) is 5.56 Å². The van der Waals surface area contributed by atoms with Crippen LogP contribution in [0, 0.1) is 6.92 Å². The number of aliphatic hydroxyl groups is 1. The molecule has 2 rings (SSSR count). The number of ether oxygens (including phenoxy) is 2. The summed E-state index contributed by atoms with van der Waals surface area (Å²) in [5.74, 6) is 1.41. The summed E-state index contributed by atoms with van der Waals surface area (Å²) in [4.78, 5) is 0. The molecule has 0 aromatic heterocycles. The standard InChI is InChI=1S/C16H19NO3/c1-12-2-6-15(7-3-12)19-10-14(18)11-20-16-8-4-13(17)5-9-16/h2-9,14,18H,10-11,17H2,1H3. The molecule has 0 bridgehead atoms. The number of hydrogen-bond acceptors (Lipinski definition) is 4. The van der Waals surface area contributed by atoms with Gasteiger partial charge in [0, 0.05) is 5.69 Å². The molecule has 3 N–H and O–H groups in total. The van der Waals surface area contributed by atoms with E-state index in [1.54, 1.807) is 24.3 Å². The van der Waals surface area contributed by atoms with Gasteiger partial charge in [-0.05, 0) is 43.3 Å². The van der Waals surface area contributed by atoms with Crippen molar-refractivity contribution in [3.63, 3.8) is 0 Å². The summed E-state index contributed by atoms with van der Waals surface area (Å²) in [5, 5.41) is 9.81. The van der Waals surface area contributed by atoms with Gasteiger partial charge in [0.25, 0.3) is 0 Å². The maximum atomic E-state index is 9.81. The Morgan fingerprint density at radius 2 is 1.35 bits per heavy atom. The van der Waals surface area contributed by atoms with Crippen LogP contribution in [0.15, 0.2) is 48.5 Å². The first-order chi connectivity index (χ1) is 9.63. The molecule has 0 aliphatic heterocycles. The molecule has 106 valence electrons. The predicted octanol–water partition coefficient (Wildman–Crippen LogP) is 2.40. The van der Waals surface area contributed by atoms with E-state index in [2.05, 4.69) is 0 Å². The summed E-state index contributed by atoms with van der Waals surface area (Å²) in [7, 11) is 0. The largest absolute Gasteiger partial charge is 0.491 e. The van der Waals surface area contributed by atoms with Crippen molar-refractivity contribution in [2.24, 2.45) is 0 Å². The van der Waals surface area contributed by atoms with Crippen LogP contribution in [0.5, 0.6) is 11.5 Å². The summed E-state index contributed by atoms with van der Waals surface area (Å²) < 4.78 is 10.9. The second-order valence-electron chi connectivity index (χ2n) is 4.66. The maximum absolute atomic E-state index is 9.81. The smallest absolute Gasteiger partial charge is 0.122 e. The predicted molar refractivity (Wildman–Crippen MR) is 79.0 cm³/mol. The van der Waals surface area contributed by atoms with Gasteiger partial charge < -0.3 is 20.3 Å². The third kappa shape index (κ3) is 4.48. The first-order valence-electron chi connectivity index (χ1n) is 6.49. The van der Waals surface area contributed by atoms with Crippen LogP contribution in [0.3, 0.4) is 0 Å². The minimum atomic E-state index is -0.686. The van der Waals surface area contributed by atoms with Crippen molar-refractivity contribution < 1.29 is 14.6 Å². The van der Waals surface area contributed by atoms with Crippen molar-refractivity contribution in [3.8, 4) is 11.5 Å². The molecule has 0 heterocycles. The van der Waals surface area contributed by atoms with Gasteiger partial charge in [0.15, 0.2) is 0 Å². The second-order valence-corrected chi connectivity index (χ2v) is 4.66. The summed E-state index contributed by atoms with van der Waals surface area (Å²) in [6.07, 6.45) is -0.686. The van der Waals surface area contributed by atoms with Crippen LogP contribution in [0.1, 0.15) is 5.56 Å². The number of aliphatic hydroxyl groups excluding tert-OH is 1. The van der Waals surface area contributed by atoms with E-state index in [-0.39, 0.29) is 13.2 Å². The number of benzene rings is 2. The van der Waals surface area contributed by atoms with Crippen molar-refractivity contribution in [1.82, 2.24) is 0 Å². The van der Waals surface area contributed by atoms with E-state index in [0.717, 1.165) is 5.75 Å². The molecule has 0 spiro atoms. The van der Waals surface area contributed by atoms with E-state index in [1.807, 2.05) is 31.2 Å². The Balaban J connectivity index is 1.73. The first-order valence-corrected chi connectivity index (χ1v) is 6.49. The van der Waals surface area contributed by atoms with Crippen LogP contribution in [0.25, 0.3) is 0 Å². The highest BCUT2D eigenvalue weighted by atomic mass is 16.5. The number of nitrogens with two attached hydrogens (primary N) is 1. The fraction of sp³-hybridized carbons (Fsp3) is 0.250. The average molecular weight is 273 g/mol. The van der Waals surface area contributed by atoms with E-state index < -0.39 is 6.10 Å². The molecule has 4 nitrogen and oxygen atoms in total. The van der Waals surface area contributed by atoms with Gasteiger partial charge in [-0.25, -0.2) is 0 Å². The highest BCUT2D eigenvalue weighted by Crippen LogP contribution is 2.14. The molecule has 0 fully saturated rings. The summed E-state index contributed by atoms with van der Waals surface area (Å²) >= 11 is 0. The minimum absolute atomic E-state index is 0.176. The van der Waals surface area contributed by atoms with Gasteiger partial charge in [0.1, 0.15) is 30.8 Å². The molecule has 0 aliphatic carbocycles. The molecule has 0 saturated carbocycles. The average Bonchev–Trinajstić information content (AvgIpc) is 2.46. The van der Waals surface area contributed by atoms with Crippen LogP contribution in [0.4, 0.5) is 5.69 Å². The Morgan fingerprint density at radius 3 is 1.85 bits per heavy atom. The van der Waals surface area contributed by atoms with Gasteiger partial charge in [0.05, 0.1) is 0 Å². The highest BCUT2D eigenvalue weighted by Gasteiger charge is 2.06. The minimum Gasteiger partial charge on any atom is -0.491 e. The second kappa shape index (κ2) is 6.82. The number of aryl methyl sites for hydroxylation is 1. The number of hydrogen-bond donors (Lipinski definition) is 2. The van der Waals surface area contributed by atoms with Gasteiger partial charge in [-0.3, -0.25) is 0 Å². The third-order valence-corrected chi connectivity index (χ3v) is 2.79. The van der Waals surface area contributed by atoms with E-state index in [4.69, 9.17) is 15.2 Å². The molecular formula is C16H19NO3. The Labute approximate surface area is 118 Å². The van der Waals surface area contributed by atoms with E-state index in [9.17, 15) is 5.11 Å². The Hall–Kier alpha value is -2.20. The summed E-state index contributed by atoms with van der Waals surface area (Å²) in [6.45, 7) is 2.38. The molecule has 0 radical (unpaired) electrons.